The van der Waals surface area contributed by atoms with Gasteiger partial charge in [0.15, 0.2) is 0 Å². The average Bonchev–Trinajstić information content (AvgIpc) is 1.50. The van der Waals surface area contributed by atoms with Gasteiger partial charge in [0.1, 0.15) is 0 Å². The average molecular weight is 285 g/mol. The van der Waals surface area contributed by atoms with Crippen LogP contribution in [0.2, 0.25) is 0 Å². The Kier molecular flexibility index (Phi) is 1090. The quantitative estimate of drug-likeness (QED) is 0.313. The molecule has 1 nitrogen and oxygen atoms in total. The van der Waals surface area contributed by atoms with Crippen molar-refractivity contribution in [3.05, 3.63) is 13.8 Å². The third-order valence-electron chi connectivity index (χ3n) is 0. The third-order valence-corrected chi connectivity index (χ3v) is 0. The van der Waals surface area contributed by atoms with Crippen LogP contribution in [-0.4, -0.2) is 51.6 Å². The van der Waals surface area contributed by atoms with Crippen molar-refractivity contribution in [1.82, 2.24) is 0 Å². The molecule has 0 radical (unpaired) electrons. The van der Waals surface area contributed by atoms with Gasteiger partial charge in [-0.05, 0) is 0 Å². The Morgan fingerprint density at radius 3 is 0.667 bits per heavy atom. The van der Waals surface area contributed by atoms with Crippen molar-refractivity contribution >= 4 is 46.1 Å². The van der Waals surface area contributed by atoms with E-state index in [0.29, 0.717) is 0 Å². The maximum Gasteiger partial charge on any atom is 2.00 e. The molecule has 0 amide bonds. The SMILES string of the molecule is O.[Br-].[Br-].[CH2-]C.[CH2-]C.[Mg+2].[Mg+2]. The van der Waals surface area contributed by atoms with Gasteiger partial charge in [-0.3, -0.25) is 0 Å². The summed E-state index contributed by atoms with van der Waals surface area (Å²) in [6.45, 7) is 10.0. The molecule has 0 saturated carbocycles. The summed E-state index contributed by atoms with van der Waals surface area (Å²) in [6.07, 6.45) is 0. The van der Waals surface area contributed by atoms with Crippen LogP contribution in [0.1, 0.15) is 13.8 Å². The van der Waals surface area contributed by atoms with E-state index in [0.717, 1.165) is 0 Å². The monoisotopic (exact) mass is 282 g/mol. The molecule has 2 N–H and O–H groups in total. The van der Waals surface area contributed by atoms with E-state index in [1.165, 1.54) is 0 Å². The molecule has 0 atom stereocenters. The van der Waals surface area contributed by atoms with Gasteiger partial charge in [0.2, 0.25) is 0 Å². The zero-order chi connectivity index (χ0) is 4.00. The van der Waals surface area contributed by atoms with Crippen molar-refractivity contribution in [2.75, 3.05) is 0 Å². The normalized spacial score (nSPS) is 1.33. The summed E-state index contributed by atoms with van der Waals surface area (Å²) >= 11 is 0. The van der Waals surface area contributed by atoms with Crippen LogP contribution in [0.15, 0.2) is 0 Å². The van der Waals surface area contributed by atoms with Crippen molar-refractivity contribution < 1.29 is 39.4 Å². The Hall–Kier alpha value is 2.45. The number of halogens is 2. The third kappa shape index (κ3) is 124. The smallest absolute Gasteiger partial charge is 1.00 e. The van der Waals surface area contributed by atoms with Crippen LogP contribution in [0.5, 0.6) is 0 Å². The fraction of sp³-hybridized carbons (Fsp3) is 0.500. The molecule has 0 spiro atoms. The molecule has 52 valence electrons. The van der Waals surface area contributed by atoms with Gasteiger partial charge in [0, 0.05) is 0 Å². The molecule has 0 bridgehead atoms. The standard InChI is InChI=1S/2C2H5.2BrH.2Mg.H2O/c2*1-2;;;;;/h2*1H2,2H3;2*1H;;;1H2/q2*-1;;;2*+2;/p-2. The second kappa shape index (κ2) is 155. The minimum absolute atomic E-state index is 0. The Morgan fingerprint density at radius 2 is 0.667 bits per heavy atom. The summed E-state index contributed by atoms with van der Waals surface area (Å²) in [4.78, 5) is 0. The van der Waals surface area contributed by atoms with Crippen molar-refractivity contribution in [3.8, 4) is 0 Å². The maximum atomic E-state index is 3.25. The minimum atomic E-state index is 0. The molecule has 0 aromatic heterocycles. The van der Waals surface area contributed by atoms with Gasteiger partial charge in [-0.25, -0.2) is 0 Å². The minimum Gasteiger partial charge on any atom is -1.00 e. The van der Waals surface area contributed by atoms with Gasteiger partial charge in [-0.2, -0.15) is 13.8 Å². The van der Waals surface area contributed by atoms with Crippen LogP contribution in [0.3, 0.4) is 0 Å². The molecule has 0 aromatic carbocycles. The first-order chi connectivity index (χ1) is 2.00. The summed E-state index contributed by atoms with van der Waals surface area (Å²) < 4.78 is 0. The van der Waals surface area contributed by atoms with Crippen molar-refractivity contribution in [2.45, 2.75) is 13.8 Å². The first kappa shape index (κ1) is 63.1. The molecular weight excluding hydrogens is 272 g/mol. The molecule has 0 aliphatic carbocycles. The topological polar surface area (TPSA) is 31.5 Å². The summed E-state index contributed by atoms with van der Waals surface area (Å²) in [5, 5.41) is 0. The Morgan fingerprint density at radius 1 is 0.667 bits per heavy atom. The van der Waals surface area contributed by atoms with E-state index in [1.807, 2.05) is 0 Å². The second-order valence-corrected chi connectivity index (χ2v) is 0. The predicted octanol–water partition coefficient (Wildman–Crippen LogP) is -5.90. The van der Waals surface area contributed by atoms with E-state index in [9.17, 15) is 0 Å². The first-order valence-electron chi connectivity index (χ1n) is 1.41. The van der Waals surface area contributed by atoms with Gasteiger partial charge in [-0.1, -0.05) is 0 Å². The molecule has 0 rings (SSSR count). The molecule has 0 aromatic rings. The predicted molar refractivity (Wildman–Crippen MR) is 37.2 cm³/mol. The van der Waals surface area contributed by atoms with Crippen LogP contribution in [0.25, 0.3) is 0 Å². The fourth-order valence-corrected chi connectivity index (χ4v) is 0. The van der Waals surface area contributed by atoms with Crippen LogP contribution < -0.4 is 34.0 Å². The van der Waals surface area contributed by atoms with Gasteiger partial charge in [-0.15, -0.1) is 0 Å². The van der Waals surface area contributed by atoms with Crippen LogP contribution in [0.4, 0.5) is 0 Å². The number of rotatable bonds is 0. The van der Waals surface area contributed by atoms with E-state index in [4.69, 9.17) is 0 Å². The molecular formula is C4H12Br2Mg2O. The Bertz CT molecular complexity index is 16.5. The number of hydrogen-bond acceptors (Lipinski definition) is 0. The van der Waals surface area contributed by atoms with Gasteiger partial charge < -0.3 is 53.3 Å². The molecule has 0 heterocycles. The maximum absolute atomic E-state index is 3.25. The molecule has 0 fully saturated rings. The Labute approximate surface area is 112 Å². The first-order valence-corrected chi connectivity index (χ1v) is 1.41. The zero-order valence-corrected chi connectivity index (χ0v) is 12.1. The fourth-order valence-electron chi connectivity index (χ4n) is 0. The summed E-state index contributed by atoms with van der Waals surface area (Å²) in [5.41, 5.74) is 0. The van der Waals surface area contributed by atoms with Gasteiger partial charge >= 0.3 is 46.1 Å². The summed E-state index contributed by atoms with van der Waals surface area (Å²) in [5.74, 6) is 0. The van der Waals surface area contributed by atoms with E-state index in [-0.39, 0.29) is 85.5 Å². The van der Waals surface area contributed by atoms with Crippen molar-refractivity contribution in [2.24, 2.45) is 0 Å². The van der Waals surface area contributed by atoms with Gasteiger partial charge in [0.25, 0.3) is 0 Å². The van der Waals surface area contributed by atoms with Crippen molar-refractivity contribution in [3.63, 3.8) is 0 Å². The molecule has 5 heteroatoms. The molecule has 0 saturated heterocycles. The largest absolute Gasteiger partial charge is 2.00 e. The van der Waals surface area contributed by atoms with E-state index in [2.05, 4.69) is 13.8 Å². The molecule has 9 heavy (non-hydrogen) atoms. The van der Waals surface area contributed by atoms with Gasteiger partial charge in [0.05, 0.1) is 0 Å². The Balaban J connectivity index is -0.00000000114. The zero-order valence-electron chi connectivity index (χ0n) is 6.08. The molecule has 0 aliphatic rings. The number of hydrogen-bond donors (Lipinski definition) is 0. The molecule has 0 aliphatic heterocycles. The van der Waals surface area contributed by atoms with E-state index < -0.39 is 0 Å². The summed E-state index contributed by atoms with van der Waals surface area (Å²) in [7, 11) is 0. The van der Waals surface area contributed by atoms with Crippen LogP contribution >= 0.6 is 0 Å². The van der Waals surface area contributed by atoms with E-state index in [1.54, 1.807) is 13.8 Å². The van der Waals surface area contributed by atoms with E-state index >= 15 is 0 Å². The van der Waals surface area contributed by atoms with Crippen LogP contribution in [0, 0.1) is 13.8 Å². The second-order valence-electron chi connectivity index (χ2n) is 0. The van der Waals surface area contributed by atoms with Crippen molar-refractivity contribution in [1.29, 1.82) is 0 Å². The summed E-state index contributed by atoms with van der Waals surface area (Å²) in [6, 6.07) is 0. The molecule has 0 unspecified atom stereocenters. The van der Waals surface area contributed by atoms with Crippen LogP contribution in [-0.2, 0) is 0 Å².